The first-order chi connectivity index (χ1) is 9.72. The van der Waals surface area contributed by atoms with Crippen LogP contribution in [0, 0.1) is 3.57 Å². The van der Waals surface area contributed by atoms with Crippen LogP contribution in [0.3, 0.4) is 0 Å². The van der Waals surface area contributed by atoms with E-state index in [1.54, 1.807) is 0 Å². The van der Waals surface area contributed by atoms with E-state index in [1.165, 1.54) is 19.4 Å². The van der Waals surface area contributed by atoms with Crippen molar-refractivity contribution in [1.82, 2.24) is 10.2 Å². The highest BCUT2D eigenvalue weighted by Gasteiger charge is 2.32. The van der Waals surface area contributed by atoms with Crippen molar-refractivity contribution in [3.8, 4) is 0 Å². The molecular weight excluding hydrogens is 367 g/mol. The number of morpholine rings is 1. The number of carbonyl (C=O) groups is 1. The highest BCUT2D eigenvalue weighted by atomic mass is 127. The van der Waals surface area contributed by atoms with Gasteiger partial charge in [-0.1, -0.05) is 0 Å². The quantitative estimate of drug-likeness (QED) is 0.807. The molecule has 0 aliphatic carbocycles. The molecule has 0 bridgehead atoms. The van der Waals surface area contributed by atoms with Gasteiger partial charge >= 0.3 is 0 Å². The first kappa shape index (κ1) is 14.3. The molecule has 2 aliphatic rings. The van der Waals surface area contributed by atoms with Gasteiger partial charge in [0.25, 0.3) is 5.91 Å². The van der Waals surface area contributed by atoms with Crippen LogP contribution in [-0.2, 0) is 4.74 Å². The monoisotopic (exact) mass is 386 g/mol. The molecule has 2 saturated heterocycles. The third-order valence-corrected chi connectivity index (χ3v) is 4.78. The van der Waals surface area contributed by atoms with Crippen LogP contribution in [0.2, 0.25) is 0 Å². The SMILES string of the molecule is O=C(NC[C@@H]1CN2CCC[C@@H]2CO1)c1ccc(I)cc1. The molecular formula is C15H19IN2O2. The van der Waals surface area contributed by atoms with E-state index in [0.29, 0.717) is 18.2 Å². The lowest BCUT2D eigenvalue weighted by Crippen LogP contribution is -2.50. The van der Waals surface area contributed by atoms with Gasteiger partial charge in [0.15, 0.2) is 0 Å². The Morgan fingerprint density at radius 2 is 2.20 bits per heavy atom. The molecule has 4 nitrogen and oxygen atoms in total. The van der Waals surface area contributed by atoms with Crippen molar-refractivity contribution in [3.05, 3.63) is 33.4 Å². The average molecular weight is 386 g/mol. The standard InChI is InChI=1S/C15H19IN2O2/c16-12-5-3-11(4-6-12)15(19)17-8-14-9-18-7-1-2-13(18)10-20-14/h3-6,13-14H,1-2,7-10H2,(H,17,19)/t13-,14-/m1/s1. The molecule has 5 heteroatoms. The number of ether oxygens (including phenoxy) is 1. The van der Waals surface area contributed by atoms with Crippen LogP contribution in [0.1, 0.15) is 23.2 Å². The van der Waals surface area contributed by atoms with Crippen molar-refractivity contribution in [3.63, 3.8) is 0 Å². The molecule has 108 valence electrons. The van der Waals surface area contributed by atoms with Gasteiger partial charge in [-0.2, -0.15) is 0 Å². The minimum absolute atomic E-state index is 0.0199. The third kappa shape index (κ3) is 3.32. The van der Waals surface area contributed by atoms with Crippen LogP contribution in [0.5, 0.6) is 0 Å². The number of fused-ring (bicyclic) bond motifs is 1. The van der Waals surface area contributed by atoms with E-state index in [4.69, 9.17) is 4.74 Å². The van der Waals surface area contributed by atoms with Gasteiger partial charge in [0.2, 0.25) is 0 Å². The molecule has 20 heavy (non-hydrogen) atoms. The minimum atomic E-state index is -0.0199. The average Bonchev–Trinajstić information content (AvgIpc) is 2.93. The second-order valence-corrected chi connectivity index (χ2v) is 6.71. The summed E-state index contributed by atoms with van der Waals surface area (Å²) in [5, 5.41) is 2.97. The van der Waals surface area contributed by atoms with E-state index in [2.05, 4.69) is 32.8 Å². The molecule has 1 N–H and O–H groups in total. The molecule has 0 spiro atoms. The fourth-order valence-corrected chi connectivity index (χ4v) is 3.28. The predicted octanol–water partition coefficient (Wildman–Crippen LogP) is 1.88. The topological polar surface area (TPSA) is 41.6 Å². The highest BCUT2D eigenvalue weighted by molar-refractivity contribution is 14.1. The Labute approximate surface area is 133 Å². The van der Waals surface area contributed by atoms with Crippen LogP contribution in [-0.4, -0.2) is 49.2 Å². The Kier molecular flexibility index (Phi) is 4.58. The summed E-state index contributed by atoms with van der Waals surface area (Å²) in [5.41, 5.74) is 0.709. The Morgan fingerprint density at radius 1 is 1.40 bits per heavy atom. The molecule has 2 fully saturated rings. The summed E-state index contributed by atoms with van der Waals surface area (Å²) < 4.78 is 6.97. The molecule has 0 radical (unpaired) electrons. The number of nitrogens with one attached hydrogen (secondary N) is 1. The van der Waals surface area contributed by atoms with Crippen molar-refractivity contribution in [2.24, 2.45) is 0 Å². The fraction of sp³-hybridized carbons (Fsp3) is 0.533. The summed E-state index contributed by atoms with van der Waals surface area (Å²) in [6, 6.07) is 8.21. The van der Waals surface area contributed by atoms with Crippen molar-refractivity contribution >= 4 is 28.5 Å². The smallest absolute Gasteiger partial charge is 0.251 e. The Balaban J connectivity index is 1.49. The highest BCUT2D eigenvalue weighted by Crippen LogP contribution is 2.22. The van der Waals surface area contributed by atoms with E-state index in [0.717, 1.165) is 16.7 Å². The van der Waals surface area contributed by atoms with Crippen LogP contribution in [0.15, 0.2) is 24.3 Å². The number of benzene rings is 1. The predicted molar refractivity (Wildman–Crippen MR) is 85.8 cm³/mol. The Morgan fingerprint density at radius 3 is 3.00 bits per heavy atom. The zero-order chi connectivity index (χ0) is 13.9. The van der Waals surface area contributed by atoms with Gasteiger partial charge in [-0.3, -0.25) is 9.69 Å². The van der Waals surface area contributed by atoms with Crippen molar-refractivity contribution in [2.75, 3.05) is 26.2 Å². The first-order valence-electron chi connectivity index (χ1n) is 7.12. The van der Waals surface area contributed by atoms with Crippen LogP contribution < -0.4 is 5.32 Å². The lowest BCUT2D eigenvalue weighted by Gasteiger charge is -2.35. The van der Waals surface area contributed by atoms with E-state index in [-0.39, 0.29) is 12.0 Å². The van der Waals surface area contributed by atoms with Gasteiger partial charge < -0.3 is 10.1 Å². The van der Waals surface area contributed by atoms with Gasteiger partial charge in [0.05, 0.1) is 12.7 Å². The molecule has 3 rings (SSSR count). The van der Waals surface area contributed by atoms with Gasteiger partial charge in [0, 0.05) is 28.3 Å². The minimum Gasteiger partial charge on any atom is -0.373 e. The van der Waals surface area contributed by atoms with Crippen LogP contribution in [0.25, 0.3) is 0 Å². The van der Waals surface area contributed by atoms with Crippen molar-refractivity contribution in [2.45, 2.75) is 25.0 Å². The van der Waals surface area contributed by atoms with Gasteiger partial charge in [-0.25, -0.2) is 0 Å². The number of rotatable bonds is 3. The first-order valence-corrected chi connectivity index (χ1v) is 8.19. The maximum atomic E-state index is 12.0. The summed E-state index contributed by atoms with van der Waals surface area (Å²) in [5.74, 6) is -0.0199. The fourth-order valence-electron chi connectivity index (χ4n) is 2.92. The number of hydrogen-bond acceptors (Lipinski definition) is 3. The van der Waals surface area contributed by atoms with Crippen molar-refractivity contribution < 1.29 is 9.53 Å². The van der Waals surface area contributed by atoms with E-state index >= 15 is 0 Å². The molecule has 0 saturated carbocycles. The second kappa shape index (κ2) is 6.41. The number of halogens is 1. The zero-order valence-electron chi connectivity index (χ0n) is 11.3. The van der Waals surface area contributed by atoms with Gasteiger partial charge in [-0.15, -0.1) is 0 Å². The van der Waals surface area contributed by atoms with E-state index in [1.807, 2.05) is 24.3 Å². The summed E-state index contributed by atoms with van der Waals surface area (Å²) >= 11 is 2.23. The molecule has 2 aliphatic heterocycles. The maximum absolute atomic E-state index is 12.0. The maximum Gasteiger partial charge on any atom is 0.251 e. The molecule has 2 atom stereocenters. The molecule has 1 aromatic carbocycles. The number of amides is 1. The lowest BCUT2D eigenvalue weighted by atomic mass is 10.2. The summed E-state index contributed by atoms with van der Waals surface area (Å²) in [4.78, 5) is 14.5. The lowest BCUT2D eigenvalue weighted by molar-refractivity contribution is -0.0461. The van der Waals surface area contributed by atoms with Gasteiger partial charge in [0.1, 0.15) is 0 Å². The Bertz CT molecular complexity index is 477. The summed E-state index contributed by atoms with van der Waals surface area (Å²) in [6.07, 6.45) is 2.65. The van der Waals surface area contributed by atoms with E-state index in [9.17, 15) is 4.79 Å². The largest absolute Gasteiger partial charge is 0.373 e. The molecule has 2 heterocycles. The second-order valence-electron chi connectivity index (χ2n) is 5.46. The third-order valence-electron chi connectivity index (χ3n) is 4.06. The van der Waals surface area contributed by atoms with Crippen LogP contribution >= 0.6 is 22.6 Å². The zero-order valence-corrected chi connectivity index (χ0v) is 13.5. The molecule has 1 aromatic rings. The summed E-state index contributed by atoms with van der Waals surface area (Å²) in [6.45, 7) is 3.52. The molecule has 0 aromatic heterocycles. The van der Waals surface area contributed by atoms with Crippen LogP contribution in [0.4, 0.5) is 0 Å². The van der Waals surface area contributed by atoms with Gasteiger partial charge in [-0.05, 0) is 66.2 Å². The molecule has 0 unspecified atom stereocenters. The number of hydrogen-bond donors (Lipinski definition) is 1. The number of carbonyl (C=O) groups excluding carboxylic acids is 1. The molecule has 1 amide bonds. The summed E-state index contributed by atoms with van der Waals surface area (Å²) in [7, 11) is 0. The Hall–Kier alpha value is -0.660. The van der Waals surface area contributed by atoms with Crippen molar-refractivity contribution in [1.29, 1.82) is 0 Å². The van der Waals surface area contributed by atoms with E-state index < -0.39 is 0 Å². The number of nitrogens with zero attached hydrogens (tertiary/aromatic N) is 1. The normalized spacial score (nSPS) is 26.2.